The molecule has 0 atom stereocenters. The van der Waals surface area contributed by atoms with Crippen LogP contribution in [0.1, 0.15) is 13.8 Å². The van der Waals surface area contributed by atoms with Gasteiger partial charge in [0.1, 0.15) is 5.75 Å². The van der Waals surface area contributed by atoms with Crippen LogP contribution in [-0.2, 0) is 10.0 Å². The molecule has 0 spiro atoms. The Morgan fingerprint density at radius 1 is 1.05 bits per heavy atom. The molecule has 2 aromatic carbocycles. The lowest BCUT2D eigenvalue weighted by molar-refractivity contribution is 0.341. The van der Waals surface area contributed by atoms with Crippen molar-refractivity contribution in [3.63, 3.8) is 0 Å². The monoisotopic (exact) mass is 383 g/mol. The first-order chi connectivity index (χ1) is 10.5. The largest absolute Gasteiger partial charge is 0.492 e. The lowest BCUT2D eigenvalue weighted by Gasteiger charge is -2.25. The number of anilines is 1. The molecule has 0 aliphatic rings. The fourth-order valence-corrected chi connectivity index (χ4v) is 3.89. The number of para-hydroxylation sites is 2. The number of nitrogens with zero attached hydrogens (tertiary/aromatic N) is 1. The van der Waals surface area contributed by atoms with Gasteiger partial charge < -0.3 is 4.74 Å². The summed E-state index contributed by atoms with van der Waals surface area (Å²) in [5, 5.41) is 0. The van der Waals surface area contributed by atoms with Gasteiger partial charge in [0.05, 0.1) is 17.2 Å². The molecule has 0 radical (unpaired) electrons. The Morgan fingerprint density at radius 2 is 1.68 bits per heavy atom. The summed E-state index contributed by atoms with van der Waals surface area (Å²) in [6, 6.07) is 13.8. The zero-order chi connectivity index (χ0) is 16.2. The molecular weight excluding hydrogens is 366 g/mol. The van der Waals surface area contributed by atoms with Gasteiger partial charge in [-0.25, -0.2) is 8.42 Å². The maximum atomic E-state index is 12.9. The highest BCUT2D eigenvalue weighted by Crippen LogP contribution is 2.32. The van der Waals surface area contributed by atoms with Gasteiger partial charge in [-0.15, -0.1) is 0 Å². The molecule has 0 N–H and O–H groups in total. The van der Waals surface area contributed by atoms with Gasteiger partial charge >= 0.3 is 0 Å². The molecule has 0 heterocycles. The highest BCUT2D eigenvalue weighted by molar-refractivity contribution is 9.10. The maximum absolute atomic E-state index is 12.9. The number of halogens is 1. The van der Waals surface area contributed by atoms with Crippen molar-refractivity contribution in [2.75, 3.05) is 17.5 Å². The van der Waals surface area contributed by atoms with E-state index in [9.17, 15) is 8.42 Å². The van der Waals surface area contributed by atoms with Crippen molar-refractivity contribution in [3.05, 3.63) is 53.0 Å². The molecule has 0 saturated carbocycles. The molecule has 0 aliphatic heterocycles. The predicted molar refractivity (Wildman–Crippen MR) is 92.0 cm³/mol. The van der Waals surface area contributed by atoms with Crippen LogP contribution in [0.2, 0.25) is 0 Å². The minimum absolute atomic E-state index is 0.254. The van der Waals surface area contributed by atoms with Gasteiger partial charge in [0, 0.05) is 11.0 Å². The van der Waals surface area contributed by atoms with Gasteiger partial charge in [0.15, 0.2) is 0 Å². The summed E-state index contributed by atoms with van der Waals surface area (Å²) in [6.45, 7) is 4.48. The Labute approximate surface area is 139 Å². The predicted octanol–water partition coefficient (Wildman–Crippen LogP) is 4.06. The van der Waals surface area contributed by atoms with Gasteiger partial charge in [0.25, 0.3) is 10.0 Å². The van der Waals surface area contributed by atoms with Gasteiger partial charge in [0.2, 0.25) is 0 Å². The average molecular weight is 384 g/mol. The van der Waals surface area contributed by atoms with E-state index < -0.39 is 10.0 Å². The number of rotatable bonds is 6. The van der Waals surface area contributed by atoms with Gasteiger partial charge in [-0.05, 0) is 50.2 Å². The van der Waals surface area contributed by atoms with Crippen LogP contribution < -0.4 is 9.04 Å². The van der Waals surface area contributed by atoms with E-state index >= 15 is 0 Å². The summed E-state index contributed by atoms with van der Waals surface area (Å²) in [6.07, 6.45) is 0. The smallest absolute Gasteiger partial charge is 0.264 e. The molecule has 22 heavy (non-hydrogen) atoms. The molecule has 2 rings (SSSR count). The van der Waals surface area contributed by atoms with E-state index in [0.717, 1.165) is 4.47 Å². The van der Waals surface area contributed by atoms with Crippen LogP contribution in [0.3, 0.4) is 0 Å². The minimum Gasteiger partial charge on any atom is -0.492 e. The average Bonchev–Trinajstić information content (AvgIpc) is 2.50. The standard InChI is InChI=1S/C16H18BrNO3S/c1-3-18(15-7-5-6-8-16(15)21-4-2)22(19,20)14-11-9-13(17)10-12-14/h5-12H,3-4H2,1-2H3. The molecule has 0 unspecified atom stereocenters. The second-order valence-corrected chi connectivity index (χ2v) is 7.30. The molecule has 0 aromatic heterocycles. The van der Waals surface area contributed by atoms with Crippen molar-refractivity contribution in [2.24, 2.45) is 0 Å². The number of sulfonamides is 1. The topological polar surface area (TPSA) is 46.6 Å². The van der Waals surface area contributed by atoms with Crippen molar-refractivity contribution < 1.29 is 13.2 Å². The van der Waals surface area contributed by atoms with Crippen LogP contribution in [0, 0.1) is 0 Å². The van der Waals surface area contributed by atoms with E-state index in [1.807, 2.05) is 13.0 Å². The van der Waals surface area contributed by atoms with Crippen molar-refractivity contribution in [1.82, 2.24) is 0 Å². The van der Waals surface area contributed by atoms with Crippen LogP contribution in [0.5, 0.6) is 5.75 Å². The molecule has 0 fully saturated rings. The third kappa shape index (κ3) is 3.44. The number of hydrogen-bond donors (Lipinski definition) is 0. The van der Waals surface area contributed by atoms with Crippen LogP contribution in [-0.4, -0.2) is 21.6 Å². The molecule has 0 aliphatic carbocycles. The number of hydrogen-bond acceptors (Lipinski definition) is 3. The number of ether oxygens (including phenoxy) is 1. The third-order valence-corrected chi connectivity index (χ3v) is 5.55. The number of benzene rings is 2. The second-order valence-electron chi connectivity index (χ2n) is 4.52. The first-order valence-electron chi connectivity index (χ1n) is 7.00. The van der Waals surface area contributed by atoms with Gasteiger partial charge in [-0.2, -0.15) is 0 Å². The van der Waals surface area contributed by atoms with E-state index in [1.165, 1.54) is 4.31 Å². The zero-order valence-corrected chi connectivity index (χ0v) is 14.9. The molecule has 6 heteroatoms. The van der Waals surface area contributed by atoms with Gasteiger partial charge in [-0.1, -0.05) is 28.1 Å². The first-order valence-corrected chi connectivity index (χ1v) is 9.24. The Morgan fingerprint density at radius 3 is 2.27 bits per heavy atom. The molecule has 2 aromatic rings. The third-order valence-electron chi connectivity index (χ3n) is 3.12. The van der Waals surface area contributed by atoms with Crippen LogP contribution in [0.4, 0.5) is 5.69 Å². The Hall–Kier alpha value is -1.53. The van der Waals surface area contributed by atoms with E-state index in [-0.39, 0.29) is 4.90 Å². The summed E-state index contributed by atoms with van der Waals surface area (Å²) in [5.41, 5.74) is 0.551. The zero-order valence-electron chi connectivity index (χ0n) is 12.5. The molecule has 0 saturated heterocycles. The van der Waals surface area contributed by atoms with Crippen molar-refractivity contribution >= 4 is 31.6 Å². The van der Waals surface area contributed by atoms with Crippen LogP contribution in [0.15, 0.2) is 57.9 Å². The first kappa shape index (κ1) is 16.8. The maximum Gasteiger partial charge on any atom is 0.264 e. The highest BCUT2D eigenvalue weighted by Gasteiger charge is 2.25. The quantitative estimate of drug-likeness (QED) is 0.755. The minimum atomic E-state index is -3.63. The Bertz CT molecular complexity index is 729. The summed E-state index contributed by atoms with van der Waals surface area (Å²) >= 11 is 3.31. The molecule has 118 valence electrons. The Balaban J connectivity index is 2.49. The lowest BCUT2D eigenvalue weighted by Crippen LogP contribution is -2.31. The molecular formula is C16H18BrNO3S. The highest BCUT2D eigenvalue weighted by atomic mass is 79.9. The normalized spacial score (nSPS) is 11.2. The van der Waals surface area contributed by atoms with Crippen molar-refractivity contribution in [3.8, 4) is 5.75 Å². The van der Waals surface area contributed by atoms with E-state index in [2.05, 4.69) is 15.9 Å². The van der Waals surface area contributed by atoms with Gasteiger partial charge in [-0.3, -0.25) is 4.31 Å². The fourth-order valence-electron chi connectivity index (χ4n) is 2.14. The van der Waals surface area contributed by atoms with E-state index in [0.29, 0.717) is 24.6 Å². The summed E-state index contributed by atoms with van der Waals surface area (Å²) < 4.78 is 33.5. The Kier molecular flexibility index (Phi) is 5.47. The summed E-state index contributed by atoms with van der Waals surface area (Å²) in [7, 11) is -3.63. The fraction of sp³-hybridized carbons (Fsp3) is 0.250. The van der Waals surface area contributed by atoms with Crippen molar-refractivity contribution in [2.45, 2.75) is 18.7 Å². The molecule has 4 nitrogen and oxygen atoms in total. The second kappa shape index (κ2) is 7.15. The molecule has 0 amide bonds. The lowest BCUT2D eigenvalue weighted by atomic mass is 10.3. The van der Waals surface area contributed by atoms with E-state index in [4.69, 9.17) is 4.74 Å². The van der Waals surface area contributed by atoms with Crippen LogP contribution in [0.25, 0.3) is 0 Å². The SMILES string of the molecule is CCOc1ccccc1N(CC)S(=O)(=O)c1ccc(Br)cc1. The van der Waals surface area contributed by atoms with E-state index in [1.54, 1.807) is 49.4 Å². The summed E-state index contributed by atoms with van der Waals surface area (Å²) in [4.78, 5) is 0.254. The van der Waals surface area contributed by atoms with Crippen LogP contribution >= 0.6 is 15.9 Å². The summed E-state index contributed by atoms with van der Waals surface area (Å²) in [5.74, 6) is 0.563. The molecule has 0 bridgehead atoms. The van der Waals surface area contributed by atoms with Crippen molar-refractivity contribution in [1.29, 1.82) is 0 Å².